The molecule has 1 saturated heterocycles. The number of halogens is 1. The van der Waals surface area contributed by atoms with Crippen LogP contribution in [-0.4, -0.2) is 56.5 Å². The first kappa shape index (κ1) is 21.1. The van der Waals surface area contributed by atoms with Gasteiger partial charge in [0.05, 0.1) is 17.0 Å². The fourth-order valence-electron chi connectivity index (χ4n) is 2.75. The zero-order valence-electron chi connectivity index (χ0n) is 14.9. The number of hydrogen-bond donors (Lipinski definition) is 2. The van der Waals surface area contributed by atoms with Gasteiger partial charge in [-0.15, -0.1) is 11.3 Å². The van der Waals surface area contributed by atoms with Gasteiger partial charge in [0.15, 0.2) is 0 Å². The van der Waals surface area contributed by atoms with Crippen LogP contribution in [0.4, 0.5) is 0 Å². The molecule has 1 amide bonds. The quantitative estimate of drug-likeness (QED) is 0.702. The van der Waals surface area contributed by atoms with Crippen LogP contribution in [0.3, 0.4) is 0 Å². The number of likely N-dealkylation sites (tertiary alicyclic amines) is 1. The van der Waals surface area contributed by atoms with Gasteiger partial charge in [-0.1, -0.05) is 11.6 Å². The molecule has 26 heavy (non-hydrogen) atoms. The number of hydrogen-bond acceptors (Lipinski definition) is 7. The number of nitrogens with two attached hydrogens (primary N) is 1. The van der Waals surface area contributed by atoms with Gasteiger partial charge < -0.3 is 15.4 Å². The smallest absolute Gasteiger partial charge is 0.328 e. The van der Waals surface area contributed by atoms with Crippen molar-refractivity contribution in [3.8, 4) is 0 Å². The normalized spacial score (nSPS) is 21.1. The maximum atomic E-state index is 13.0. The van der Waals surface area contributed by atoms with Crippen LogP contribution < -0.4 is 10.5 Å². The SMILES string of the molecule is COC(=O)[C@H]1C[C@@H](N)CN1C(=O)c1cc(Cl)sc1S(=O)(=O)NC(C)(C)C. The molecule has 11 heteroatoms. The Morgan fingerprint density at radius 3 is 2.58 bits per heavy atom. The van der Waals surface area contributed by atoms with Gasteiger partial charge in [0.1, 0.15) is 10.3 Å². The summed E-state index contributed by atoms with van der Waals surface area (Å²) in [5.74, 6) is -1.21. The van der Waals surface area contributed by atoms with E-state index in [1.165, 1.54) is 18.1 Å². The molecule has 0 aromatic carbocycles. The van der Waals surface area contributed by atoms with Crippen LogP contribution in [0.5, 0.6) is 0 Å². The molecule has 1 aliphatic heterocycles. The number of rotatable bonds is 4. The van der Waals surface area contributed by atoms with E-state index in [2.05, 4.69) is 4.72 Å². The lowest BCUT2D eigenvalue weighted by molar-refractivity contribution is -0.145. The fourth-order valence-corrected chi connectivity index (χ4v) is 6.01. The highest BCUT2D eigenvalue weighted by Crippen LogP contribution is 2.33. The fraction of sp³-hybridized carbons (Fsp3) is 0.600. The Morgan fingerprint density at radius 1 is 1.42 bits per heavy atom. The summed E-state index contributed by atoms with van der Waals surface area (Å²) >= 11 is 6.77. The second-order valence-corrected chi connectivity index (χ2v) is 10.7. The van der Waals surface area contributed by atoms with E-state index in [1.807, 2.05) is 0 Å². The highest BCUT2D eigenvalue weighted by molar-refractivity contribution is 7.91. The predicted molar refractivity (Wildman–Crippen MR) is 98.8 cm³/mol. The van der Waals surface area contributed by atoms with Gasteiger partial charge in [-0.3, -0.25) is 4.79 Å². The monoisotopic (exact) mass is 423 g/mol. The van der Waals surface area contributed by atoms with E-state index < -0.39 is 39.5 Å². The summed E-state index contributed by atoms with van der Waals surface area (Å²) in [5, 5.41) is 0. The molecule has 1 aromatic rings. The second-order valence-electron chi connectivity index (χ2n) is 7.10. The van der Waals surface area contributed by atoms with E-state index in [-0.39, 0.29) is 27.1 Å². The van der Waals surface area contributed by atoms with Crippen LogP contribution in [0.1, 0.15) is 37.6 Å². The van der Waals surface area contributed by atoms with Crippen molar-refractivity contribution < 1.29 is 22.7 Å². The Kier molecular flexibility index (Phi) is 6.03. The number of amides is 1. The lowest BCUT2D eigenvalue weighted by Gasteiger charge is -2.23. The molecule has 2 rings (SSSR count). The largest absolute Gasteiger partial charge is 0.467 e. The zero-order valence-corrected chi connectivity index (χ0v) is 17.3. The number of thiophene rings is 1. The Morgan fingerprint density at radius 2 is 2.04 bits per heavy atom. The minimum absolute atomic E-state index is 0.0836. The number of methoxy groups -OCH3 is 1. The van der Waals surface area contributed by atoms with Gasteiger partial charge in [0.2, 0.25) is 0 Å². The molecule has 0 spiro atoms. The van der Waals surface area contributed by atoms with Crippen molar-refractivity contribution in [3.05, 3.63) is 16.0 Å². The number of carbonyl (C=O) groups is 2. The third-order valence-electron chi connectivity index (χ3n) is 3.65. The molecule has 146 valence electrons. The van der Waals surface area contributed by atoms with Crippen molar-refractivity contribution in [1.82, 2.24) is 9.62 Å². The summed E-state index contributed by atoms with van der Waals surface area (Å²) in [7, 11) is -2.75. The highest BCUT2D eigenvalue weighted by atomic mass is 35.5. The molecular formula is C15H22ClN3O5S2. The summed E-state index contributed by atoms with van der Waals surface area (Å²) < 4.78 is 32.6. The molecule has 0 saturated carbocycles. The van der Waals surface area contributed by atoms with Gasteiger partial charge in [-0.25, -0.2) is 17.9 Å². The van der Waals surface area contributed by atoms with Crippen molar-refractivity contribution in [2.75, 3.05) is 13.7 Å². The van der Waals surface area contributed by atoms with Crippen molar-refractivity contribution >= 4 is 44.8 Å². The van der Waals surface area contributed by atoms with E-state index in [0.717, 1.165) is 11.3 Å². The Bertz CT molecular complexity index is 816. The maximum Gasteiger partial charge on any atom is 0.328 e. The Hall–Kier alpha value is -1.20. The van der Waals surface area contributed by atoms with Gasteiger partial charge in [0.25, 0.3) is 15.9 Å². The Labute approximate surface area is 161 Å². The first-order valence-corrected chi connectivity index (χ1v) is 10.5. The molecular weight excluding hydrogens is 402 g/mol. The van der Waals surface area contributed by atoms with Gasteiger partial charge in [-0.05, 0) is 33.3 Å². The zero-order chi connectivity index (χ0) is 19.9. The summed E-state index contributed by atoms with van der Waals surface area (Å²) in [5.41, 5.74) is 5.06. The topological polar surface area (TPSA) is 119 Å². The van der Waals surface area contributed by atoms with Crippen LogP contribution in [-0.2, 0) is 19.6 Å². The minimum Gasteiger partial charge on any atom is -0.467 e. The van der Waals surface area contributed by atoms with Crippen LogP contribution in [0.25, 0.3) is 0 Å². The predicted octanol–water partition coefficient (Wildman–Crippen LogP) is 1.19. The average molecular weight is 424 g/mol. The molecule has 2 atom stereocenters. The van der Waals surface area contributed by atoms with E-state index in [9.17, 15) is 18.0 Å². The molecule has 0 unspecified atom stereocenters. The van der Waals surface area contributed by atoms with Crippen LogP contribution >= 0.6 is 22.9 Å². The van der Waals surface area contributed by atoms with E-state index in [0.29, 0.717) is 0 Å². The third-order valence-corrected chi connectivity index (χ3v) is 7.21. The summed E-state index contributed by atoms with van der Waals surface area (Å²) in [6, 6.07) is 0.0430. The van der Waals surface area contributed by atoms with Crippen molar-refractivity contribution in [2.24, 2.45) is 5.73 Å². The third kappa shape index (κ3) is 4.55. The van der Waals surface area contributed by atoms with Crippen LogP contribution in [0.15, 0.2) is 10.3 Å². The summed E-state index contributed by atoms with van der Waals surface area (Å²) in [6.45, 7) is 5.19. The Balaban J connectivity index is 2.43. The number of nitrogens with one attached hydrogen (secondary N) is 1. The van der Waals surface area contributed by atoms with Crippen molar-refractivity contribution in [3.63, 3.8) is 0 Å². The van der Waals surface area contributed by atoms with Gasteiger partial charge in [-0.2, -0.15) is 0 Å². The van der Waals surface area contributed by atoms with Crippen LogP contribution in [0.2, 0.25) is 4.34 Å². The van der Waals surface area contributed by atoms with E-state index in [4.69, 9.17) is 22.1 Å². The molecule has 0 aliphatic carbocycles. The van der Waals surface area contributed by atoms with E-state index >= 15 is 0 Å². The van der Waals surface area contributed by atoms with Crippen molar-refractivity contribution in [2.45, 2.75) is 49.0 Å². The molecule has 1 aromatic heterocycles. The molecule has 1 fully saturated rings. The number of ether oxygens (including phenoxy) is 1. The number of sulfonamides is 1. The first-order valence-electron chi connectivity index (χ1n) is 7.83. The van der Waals surface area contributed by atoms with Crippen LogP contribution in [0, 0.1) is 0 Å². The molecule has 1 aliphatic rings. The molecule has 0 radical (unpaired) electrons. The second kappa shape index (κ2) is 7.43. The standard InChI is InChI=1S/C15H22ClN3O5S2/c1-15(2,3)18-26(22,23)14-9(6-11(16)25-14)12(20)19-7-8(17)5-10(19)13(21)24-4/h6,8,10,18H,5,7,17H2,1-4H3/t8-,10-/m1/s1. The minimum atomic E-state index is -3.97. The highest BCUT2D eigenvalue weighted by Gasteiger charge is 2.41. The first-order chi connectivity index (χ1) is 11.9. The molecule has 0 bridgehead atoms. The number of nitrogens with zero attached hydrogens (tertiary/aromatic N) is 1. The summed E-state index contributed by atoms with van der Waals surface area (Å²) in [6.07, 6.45) is 0.249. The maximum absolute atomic E-state index is 13.0. The molecule has 3 N–H and O–H groups in total. The molecule has 8 nitrogen and oxygen atoms in total. The lowest BCUT2D eigenvalue weighted by Crippen LogP contribution is -2.43. The van der Waals surface area contributed by atoms with Crippen molar-refractivity contribution in [1.29, 1.82) is 0 Å². The summed E-state index contributed by atoms with van der Waals surface area (Å²) in [4.78, 5) is 26.2. The average Bonchev–Trinajstić information content (AvgIpc) is 3.07. The van der Waals surface area contributed by atoms with Gasteiger partial charge >= 0.3 is 5.97 Å². The number of esters is 1. The van der Waals surface area contributed by atoms with Gasteiger partial charge in [0, 0.05) is 18.1 Å². The molecule has 2 heterocycles. The van der Waals surface area contributed by atoms with E-state index in [1.54, 1.807) is 20.8 Å². The lowest BCUT2D eigenvalue weighted by atomic mass is 10.1. The number of carbonyl (C=O) groups excluding carboxylic acids is 2.